The van der Waals surface area contributed by atoms with Crippen molar-refractivity contribution in [1.29, 1.82) is 0 Å². The Bertz CT molecular complexity index is 599. The summed E-state index contributed by atoms with van der Waals surface area (Å²) in [5, 5.41) is 0. The Kier molecular flexibility index (Phi) is 6.92. The molecule has 2 aliphatic heterocycles. The summed E-state index contributed by atoms with van der Waals surface area (Å²) in [7, 11) is 0. The monoisotopic (exact) mass is 386 g/mol. The molecule has 4 nitrogen and oxygen atoms in total. The average Bonchev–Trinajstić information content (AvgIpc) is 2.68. The molecule has 2 aliphatic rings. The number of hydrogen-bond donors (Lipinski definition) is 0. The van der Waals surface area contributed by atoms with Crippen molar-refractivity contribution in [3.05, 3.63) is 47.5 Å². The van der Waals surface area contributed by atoms with Crippen LogP contribution in [0.4, 0.5) is 13.2 Å². The minimum atomic E-state index is -4.34. The molecular weight excluding hydrogens is 361 g/mol. The lowest BCUT2D eigenvalue weighted by Gasteiger charge is -2.32. The number of rotatable bonds is 5. The molecule has 0 unspecified atom stereocenters. The van der Waals surface area contributed by atoms with Crippen LogP contribution in [0.15, 0.2) is 36.4 Å². The van der Waals surface area contributed by atoms with Gasteiger partial charge in [-0.3, -0.25) is 0 Å². The third kappa shape index (κ3) is 5.78. The summed E-state index contributed by atoms with van der Waals surface area (Å²) >= 11 is 0. The zero-order valence-corrected chi connectivity index (χ0v) is 15.3. The van der Waals surface area contributed by atoms with Crippen molar-refractivity contribution < 1.29 is 32.1 Å². The molecule has 0 atom stereocenters. The highest BCUT2D eigenvalue weighted by atomic mass is 19.4. The number of alkyl halides is 3. The van der Waals surface area contributed by atoms with Crippen LogP contribution in [0, 0.1) is 11.8 Å². The Morgan fingerprint density at radius 3 is 2.11 bits per heavy atom. The molecule has 7 heteroatoms. The standard InChI is InChI=1S/C20H25F3O4/c1-2-3-14-10-24-18(25-11-14)9-4-15-12-26-19(27-13-15)16-5-7-17(8-6-16)20(21,22)23/h2-3,5-8,14-15,18-19H,4,9-13H2,1H3/b3-2+/t14-,15-,18-,19-. The van der Waals surface area contributed by atoms with Gasteiger partial charge in [0.25, 0.3) is 0 Å². The number of halogens is 3. The number of ether oxygens (including phenoxy) is 4. The van der Waals surface area contributed by atoms with Gasteiger partial charge in [-0.05, 0) is 31.9 Å². The molecule has 150 valence electrons. The fourth-order valence-corrected chi connectivity index (χ4v) is 3.21. The van der Waals surface area contributed by atoms with Gasteiger partial charge in [-0.25, -0.2) is 0 Å². The molecule has 0 spiro atoms. The van der Waals surface area contributed by atoms with Crippen LogP contribution in [0.25, 0.3) is 0 Å². The normalized spacial score (nSPS) is 29.9. The predicted molar refractivity (Wildman–Crippen MR) is 92.8 cm³/mol. The molecule has 0 amide bonds. The van der Waals surface area contributed by atoms with E-state index in [1.54, 1.807) is 0 Å². The van der Waals surface area contributed by atoms with Gasteiger partial charge >= 0.3 is 6.18 Å². The van der Waals surface area contributed by atoms with Crippen molar-refractivity contribution in [1.82, 2.24) is 0 Å². The van der Waals surface area contributed by atoms with E-state index in [0.29, 0.717) is 37.9 Å². The molecule has 27 heavy (non-hydrogen) atoms. The Morgan fingerprint density at radius 1 is 0.926 bits per heavy atom. The van der Waals surface area contributed by atoms with Crippen molar-refractivity contribution in [2.75, 3.05) is 26.4 Å². The third-order valence-corrected chi connectivity index (χ3v) is 4.74. The van der Waals surface area contributed by atoms with Gasteiger partial charge in [0.1, 0.15) is 0 Å². The van der Waals surface area contributed by atoms with E-state index in [1.807, 2.05) is 13.0 Å². The minimum absolute atomic E-state index is 0.195. The van der Waals surface area contributed by atoms with Crippen LogP contribution < -0.4 is 0 Å². The highest BCUT2D eigenvalue weighted by Crippen LogP contribution is 2.32. The first-order valence-electron chi connectivity index (χ1n) is 9.22. The maximum atomic E-state index is 12.6. The van der Waals surface area contributed by atoms with Crippen molar-refractivity contribution in [2.24, 2.45) is 11.8 Å². The smallest absolute Gasteiger partial charge is 0.352 e. The molecule has 0 saturated carbocycles. The lowest BCUT2D eigenvalue weighted by molar-refractivity contribution is -0.217. The Hall–Kier alpha value is -1.41. The lowest BCUT2D eigenvalue weighted by atomic mass is 10.0. The maximum Gasteiger partial charge on any atom is 0.416 e. The van der Waals surface area contributed by atoms with Crippen LogP contribution >= 0.6 is 0 Å². The summed E-state index contributed by atoms with van der Waals surface area (Å²) in [6.45, 7) is 4.32. The van der Waals surface area contributed by atoms with Crippen LogP contribution in [-0.4, -0.2) is 32.7 Å². The molecule has 2 heterocycles. The number of hydrogen-bond acceptors (Lipinski definition) is 4. The van der Waals surface area contributed by atoms with Crippen LogP contribution in [0.1, 0.15) is 37.2 Å². The van der Waals surface area contributed by atoms with E-state index in [1.165, 1.54) is 12.1 Å². The van der Waals surface area contributed by atoms with Crippen molar-refractivity contribution in [3.63, 3.8) is 0 Å². The summed E-state index contributed by atoms with van der Waals surface area (Å²) < 4.78 is 60.7. The fraction of sp³-hybridized carbons (Fsp3) is 0.600. The van der Waals surface area contributed by atoms with Crippen molar-refractivity contribution in [3.8, 4) is 0 Å². The SMILES string of the molecule is C/C=C/[C@H]1CO[C@H](CC[C@H]2CO[C@H](c3ccc(C(F)(F)F)cc3)OC2)OC1. The Morgan fingerprint density at radius 2 is 1.56 bits per heavy atom. The summed E-state index contributed by atoms with van der Waals surface area (Å²) in [5.74, 6) is 0.535. The van der Waals surface area contributed by atoms with Crippen molar-refractivity contribution >= 4 is 0 Å². The van der Waals surface area contributed by atoms with E-state index in [0.717, 1.165) is 25.0 Å². The van der Waals surface area contributed by atoms with Gasteiger partial charge in [-0.15, -0.1) is 0 Å². The minimum Gasteiger partial charge on any atom is -0.352 e. The molecule has 0 aromatic heterocycles. The molecule has 2 fully saturated rings. The molecule has 0 N–H and O–H groups in total. The fourth-order valence-electron chi connectivity index (χ4n) is 3.21. The second-order valence-corrected chi connectivity index (χ2v) is 6.94. The van der Waals surface area contributed by atoms with Crippen LogP contribution in [-0.2, 0) is 25.1 Å². The largest absolute Gasteiger partial charge is 0.416 e. The summed E-state index contributed by atoms with van der Waals surface area (Å²) in [4.78, 5) is 0. The molecule has 1 aromatic rings. The molecule has 1 aromatic carbocycles. The topological polar surface area (TPSA) is 36.9 Å². The van der Waals surface area contributed by atoms with Crippen LogP contribution in [0.2, 0.25) is 0 Å². The first-order chi connectivity index (χ1) is 13.0. The van der Waals surface area contributed by atoms with E-state index >= 15 is 0 Å². The molecular formula is C20H25F3O4. The Balaban J connectivity index is 1.39. The van der Waals surface area contributed by atoms with Gasteiger partial charge in [0.15, 0.2) is 12.6 Å². The molecule has 0 radical (unpaired) electrons. The third-order valence-electron chi connectivity index (χ3n) is 4.74. The van der Waals surface area contributed by atoms with Gasteiger partial charge in [-0.2, -0.15) is 13.2 Å². The first kappa shape index (κ1) is 20.3. The van der Waals surface area contributed by atoms with E-state index in [2.05, 4.69) is 6.08 Å². The van der Waals surface area contributed by atoms with Gasteiger partial charge in [0.05, 0.1) is 32.0 Å². The predicted octanol–water partition coefficient (Wildman–Crippen LogP) is 4.71. The van der Waals surface area contributed by atoms with Gasteiger partial charge in [0.2, 0.25) is 0 Å². The van der Waals surface area contributed by atoms with Crippen LogP contribution in [0.5, 0.6) is 0 Å². The van der Waals surface area contributed by atoms with E-state index in [9.17, 15) is 13.2 Å². The summed E-state index contributed by atoms with van der Waals surface area (Å²) in [6.07, 6.45) is 0.547. The molecule has 0 aliphatic carbocycles. The van der Waals surface area contributed by atoms with E-state index in [4.69, 9.17) is 18.9 Å². The first-order valence-corrected chi connectivity index (χ1v) is 9.22. The highest BCUT2D eigenvalue weighted by Gasteiger charge is 2.31. The lowest BCUT2D eigenvalue weighted by Crippen LogP contribution is -2.33. The van der Waals surface area contributed by atoms with Gasteiger partial charge in [-0.1, -0.05) is 24.3 Å². The molecule has 0 bridgehead atoms. The van der Waals surface area contributed by atoms with Gasteiger partial charge < -0.3 is 18.9 Å². The maximum absolute atomic E-state index is 12.6. The highest BCUT2D eigenvalue weighted by molar-refractivity contribution is 5.25. The average molecular weight is 386 g/mol. The zero-order valence-electron chi connectivity index (χ0n) is 15.3. The zero-order chi connectivity index (χ0) is 19.3. The Labute approximate surface area is 157 Å². The molecule has 2 saturated heterocycles. The van der Waals surface area contributed by atoms with E-state index in [-0.39, 0.29) is 12.2 Å². The number of allylic oxidation sites excluding steroid dienone is 1. The quantitative estimate of drug-likeness (QED) is 0.687. The molecule has 3 rings (SSSR count). The second-order valence-electron chi connectivity index (χ2n) is 6.94. The van der Waals surface area contributed by atoms with Crippen molar-refractivity contribution in [2.45, 2.75) is 38.5 Å². The summed E-state index contributed by atoms with van der Waals surface area (Å²) in [6, 6.07) is 4.90. The van der Waals surface area contributed by atoms with Gasteiger partial charge in [0, 0.05) is 17.4 Å². The van der Waals surface area contributed by atoms with Crippen LogP contribution in [0.3, 0.4) is 0 Å². The second kappa shape index (κ2) is 9.19. The van der Waals surface area contributed by atoms with E-state index < -0.39 is 18.0 Å². The number of benzene rings is 1. The summed E-state index contributed by atoms with van der Waals surface area (Å²) in [5.41, 5.74) is -0.0838.